The molecule has 0 fully saturated rings. The Morgan fingerprint density at radius 1 is 0.350 bits per heavy atom. The van der Waals surface area contributed by atoms with Gasteiger partial charge in [-0.25, -0.2) is 0 Å². The minimum absolute atomic E-state index is 0.458. The highest BCUT2D eigenvalue weighted by molar-refractivity contribution is 6.44. The van der Waals surface area contributed by atoms with Gasteiger partial charge in [0.15, 0.2) is 0 Å². The summed E-state index contributed by atoms with van der Waals surface area (Å²) >= 11 is 24.2. The van der Waals surface area contributed by atoms with Crippen molar-refractivity contribution >= 4 is 46.4 Å². The van der Waals surface area contributed by atoms with Crippen LogP contribution in [0.25, 0.3) is 45.0 Å². The van der Waals surface area contributed by atoms with Gasteiger partial charge in [0.25, 0.3) is 0 Å². The zero-order valence-corrected chi connectivity index (χ0v) is 36.1. The fraction of sp³-hybridized carbons (Fsp3) is 0.0833. The lowest BCUT2D eigenvalue weighted by atomic mass is 10.1. The van der Waals surface area contributed by atoms with Gasteiger partial charge in [-0.1, -0.05) is 88.9 Å². The Balaban J connectivity index is 0.000000152. The maximum Gasteiger partial charge on any atom is 0.129 e. The molecule has 8 aromatic rings. The highest BCUT2D eigenvalue weighted by atomic mass is 35.5. The third-order valence-electron chi connectivity index (χ3n) is 8.46. The van der Waals surface area contributed by atoms with Gasteiger partial charge in [0.1, 0.15) is 23.0 Å². The minimum atomic E-state index is 0.458. The predicted octanol–water partition coefficient (Wildman–Crippen LogP) is 13.6. The number of methoxy groups -OCH3 is 4. The first-order valence-electron chi connectivity index (χ1n) is 18.3. The highest BCUT2D eigenvalue weighted by Gasteiger charge is 2.14. The molecular weight excluding hydrogens is 838 g/mol. The largest absolute Gasteiger partial charge is 0.496 e. The molecule has 8 rings (SSSR count). The predicted molar refractivity (Wildman–Crippen MR) is 245 cm³/mol. The molecule has 4 heterocycles. The maximum atomic E-state index is 6.16. The average molecular weight is 879 g/mol. The molecule has 304 valence electrons. The molecule has 0 aliphatic heterocycles. The summed E-state index contributed by atoms with van der Waals surface area (Å²) < 4.78 is 21.0. The highest BCUT2D eigenvalue weighted by Crippen LogP contribution is 2.40. The second-order valence-electron chi connectivity index (χ2n) is 12.2. The van der Waals surface area contributed by atoms with Crippen molar-refractivity contribution in [3.8, 4) is 68.0 Å². The fourth-order valence-corrected chi connectivity index (χ4v) is 6.51. The van der Waals surface area contributed by atoms with Crippen molar-refractivity contribution < 1.29 is 18.9 Å². The molecule has 4 aromatic heterocycles. The summed E-state index contributed by atoms with van der Waals surface area (Å²) in [4.78, 5) is 17.0. The van der Waals surface area contributed by atoms with Crippen LogP contribution in [0.2, 0.25) is 20.1 Å². The third kappa shape index (κ3) is 12.2. The van der Waals surface area contributed by atoms with E-state index in [0.29, 0.717) is 25.8 Å². The molecule has 0 atom stereocenters. The standard InChI is InChI=1S/C12H9Cl2NO.2C12H10ClNO.C12H11NO/c1-16-10-6-5-8(13)12(14)11(10)9-4-2-3-7-15-9;1-15-11-7-4-5-9(13)12(11)10-6-2-3-8-14-10;1-15-12-6-5-9(13)8-10(12)11-4-2-3-7-14-11;1-14-12-8-3-2-6-10(12)11-7-4-5-9-13-11/h2-7H,1H3;2*2-8H,1H3;2-9H,1H3. The van der Waals surface area contributed by atoms with E-state index < -0.39 is 0 Å². The molecule has 0 N–H and O–H groups in total. The average Bonchev–Trinajstić information content (AvgIpc) is 3.31. The quantitative estimate of drug-likeness (QED) is 0.149. The number of aromatic nitrogens is 4. The van der Waals surface area contributed by atoms with Crippen LogP contribution < -0.4 is 18.9 Å². The van der Waals surface area contributed by atoms with Crippen LogP contribution in [-0.4, -0.2) is 48.4 Å². The Morgan fingerprint density at radius 2 is 0.783 bits per heavy atom. The molecule has 0 radical (unpaired) electrons. The first-order chi connectivity index (χ1) is 29.3. The van der Waals surface area contributed by atoms with Gasteiger partial charge < -0.3 is 18.9 Å². The van der Waals surface area contributed by atoms with Gasteiger partial charge in [-0.3, -0.25) is 19.9 Å². The lowest BCUT2D eigenvalue weighted by molar-refractivity contribution is 0.416. The summed E-state index contributed by atoms with van der Waals surface area (Å²) in [6, 6.07) is 45.2. The lowest BCUT2D eigenvalue weighted by Crippen LogP contribution is -1.91. The molecule has 0 spiro atoms. The third-order valence-corrected chi connectivity index (χ3v) is 9.82. The van der Waals surface area contributed by atoms with Gasteiger partial charge in [-0.2, -0.15) is 0 Å². The molecule has 0 aliphatic rings. The van der Waals surface area contributed by atoms with E-state index in [9.17, 15) is 0 Å². The van der Waals surface area contributed by atoms with Gasteiger partial charge in [0.05, 0.1) is 77.4 Å². The number of benzene rings is 4. The number of pyridine rings is 4. The number of hydrogen-bond acceptors (Lipinski definition) is 8. The second-order valence-corrected chi connectivity index (χ2v) is 13.8. The van der Waals surface area contributed by atoms with Gasteiger partial charge in [0, 0.05) is 40.9 Å². The summed E-state index contributed by atoms with van der Waals surface area (Å²) in [7, 11) is 6.52. The molecular formula is C48H40Cl4N4O4. The first-order valence-corrected chi connectivity index (χ1v) is 19.8. The molecule has 12 heteroatoms. The fourth-order valence-electron chi connectivity index (χ4n) is 5.67. The van der Waals surface area contributed by atoms with Crippen molar-refractivity contribution in [3.63, 3.8) is 0 Å². The van der Waals surface area contributed by atoms with E-state index in [1.165, 1.54) is 0 Å². The topological polar surface area (TPSA) is 88.5 Å². The Morgan fingerprint density at radius 3 is 1.32 bits per heavy atom. The van der Waals surface area contributed by atoms with Crippen LogP contribution in [0.1, 0.15) is 0 Å². The van der Waals surface area contributed by atoms with Crippen molar-refractivity contribution in [3.05, 3.63) is 190 Å². The number of halogens is 4. The van der Waals surface area contributed by atoms with Gasteiger partial charge in [-0.05, 0) is 103 Å². The smallest absolute Gasteiger partial charge is 0.129 e. The van der Waals surface area contributed by atoms with E-state index >= 15 is 0 Å². The zero-order chi connectivity index (χ0) is 42.7. The summed E-state index contributed by atoms with van der Waals surface area (Å²) in [6.45, 7) is 0. The van der Waals surface area contributed by atoms with Crippen molar-refractivity contribution in [1.29, 1.82) is 0 Å². The van der Waals surface area contributed by atoms with Crippen LogP contribution in [0.15, 0.2) is 170 Å². The van der Waals surface area contributed by atoms with Crippen molar-refractivity contribution in [2.45, 2.75) is 0 Å². The molecule has 8 nitrogen and oxygen atoms in total. The summed E-state index contributed by atoms with van der Waals surface area (Å²) in [5, 5.41) is 2.27. The van der Waals surface area contributed by atoms with E-state index in [2.05, 4.69) is 19.9 Å². The van der Waals surface area contributed by atoms with E-state index in [1.54, 1.807) is 71.4 Å². The van der Waals surface area contributed by atoms with E-state index in [4.69, 9.17) is 65.4 Å². The minimum Gasteiger partial charge on any atom is -0.496 e. The van der Waals surface area contributed by atoms with Gasteiger partial charge in [0.2, 0.25) is 0 Å². The summed E-state index contributed by atoms with van der Waals surface area (Å²) in [6.07, 6.45) is 6.96. The summed E-state index contributed by atoms with van der Waals surface area (Å²) in [5.41, 5.74) is 6.84. The number of nitrogens with zero attached hydrogens (tertiary/aromatic N) is 4. The molecule has 0 bridgehead atoms. The van der Waals surface area contributed by atoms with Crippen LogP contribution in [0.4, 0.5) is 0 Å². The Kier molecular flexibility index (Phi) is 17.6. The Bertz CT molecular complexity index is 2540. The first kappa shape index (κ1) is 44.9. The number of rotatable bonds is 8. The molecule has 0 amide bonds. The van der Waals surface area contributed by atoms with Crippen LogP contribution in [-0.2, 0) is 0 Å². The number of para-hydroxylation sites is 1. The van der Waals surface area contributed by atoms with Gasteiger partial charge in [-0.15, -0.1) is 0 Å². The zero-order valence-electron chi connectivity index (χ0n) is 33.1. The molecule has 0 aliphatic carbocycles. The molecule has 0 saturated carbocycles. The molecule has 0 saturated heterocycles. The van der Waals surface area contributed by atoms with Crippen LogP contribution in [0, 0.1) is 0 Å². The maximum absolute atomic E-state index is 6.16. The van der Waals surface area contributed by atoms with Crippen molar-refractivity contribution in [2.24, 2.45) is 0 Å². The van der Waals surface area contributed by atoms with E-state index in [-0.39, 0.29) is 0 Å². The normalized spacial score (nSPS) is 10.0. The SMILES string of the molecule is COc1ccc(Cl)c(Cl)c1-c1ccccn1.COc1ccc(Cl)cc1-c1ccccn1.COc1cccc(Cl)c1-c1ccccn1.COc1ccccc1-c1ccccn1. The summed E-state index contributed by atoms with van der Waals surface area (Å²) in [5.74, 6) is 3.03. The van der Waals surface area contributed by atoms with Crippen molar-refractivity contribution in [2.75, 3.05) is 28.4 Å². The van der Waals surface area contributed by atoms with Crippen LogP contribution in [0.5, 0.6) is 23.0 Å². The van der Waals surface area contributed by atoms with E-state index in [1.807, 2.05) is 127 Å². The lowest BCUT2D eigenvalue weighted by Gasteiger charge is -2.10. The van der Waals surface area contributed by atoms with Gasteiger partial charge >= 0.3 is 0 Å². The van der Waals surface area contributed by atoms with Crippen LogP contribution in [0.3, 0.4) is 0 Å². The number of hydrogen-bond donors (Lipinski definition) is 0. The monoisotopic (exact) mass is 876 g/mol. The Hall–Kier alpha value is -6.16. The number of ether oxygens (including phenoxy) is 4. The second kappa shape index (κ2) is 23.4. The van der Waals surface area contributed by atoms with Crippen LogP contribution >= 0.6 is 46.4 Å². The molecule has 4 aromatic carbocycles. The Labute approximate surface area is 370 Å². The van der Waals surface area contributed by atoms with Crippen molar-refractivity contribution in [1.82, 2.24) is 19.9 Å². The molecule has 0 unspecified atom stereocenters. The van der Waals surface area contributed by atoms with E-state index in [0.717, 1.165) is 62.3 Å². The molecule has 60 heavy (non-hydrogen) atoms.